The molecule has 0 spiro atoms. The molecule has 1 aliphatic heterocycles. The van der Waals surface area contributed by atoms with Crippen LogP contribution in [0.3, 0.4) is 0 Å². The first-order valence-electron chi connectivity index (χ1n) is 8.93. The standard InChI is InChI=1S/C20H20N6/c1-12(18-23-19-14(3)21-9-13(2)26(19)24-18)8-16-11-25-10-15-6-4-5-7-17(15)20(25)22-16/h4-7,9,11-12H,8,10H2,1-3H3. The van der Waals surface area contributed by atoms with Crippen LogP contribution in [-0.4, -0.2) is 29.1 Å². The second-order valence-electron chi connectivity index (χ2n) is 7.14. The Hall–Kier alpha value is -3.02. The normalized spacial score (nSPS) is 13.8. The Morgan fingerprint density at radius 3 is 2.85 bits per heavy atom. The molecule has 0 N–H and O–H groups in total. The lowest BCUT2D eigenvalue weighted by atomic mass is 10.1. The Morgan fingerprint density at radius 1 is 1.15 bits per heavy atom. The van der Waals surface area contributed by atoms with Crippen molar-refractivity contribution in [2.45, 2.75) is 39.7 Å². The highest BCUT2D eigenvalue weighted by molar-refractivity contribution is 5.65. The molecule has 1 unspecified atom stereocenters. The number of fused-ring (bicyclic) bond motifs is 4. The van der Waals surface area contributed by atoms with Crippen LogP contribution in [0.2, 0.25) is 0 Å². The Balaban J connectivity index is 1.45. The Kier molecular flexibility index (Phi) is 3.22. The monoisotopic (exact) mass is 344 g/mol. The van der Waals surface area contributed by atoms with Crippen molar-refractivity contribution in [3.63, 3.8) is 0 Å². The van der Waals surface area contributed by atoms with Gasteiger partial charge in [0.25, 0.3) is 0 Å². The number of hydrogen-bond acceptors (Lipinski definition) is 4. The molecule has 0 amide bonds. The van der Waals surface area contributed by atoms with Crippen LogP contribution >= 0.6 is 0 Å². The number of nitrogens with zero attached hydrogens (tertiary/aromatic N) is 6. The number of imidazole rings is 1. The Morgan fingerprint density at radius 2 is 2.00 bits per heavy atom. The van der Waals surface area contributed by atoms with Gasteiger partial charge in [0, 0.05) is 36.8 Å². The van der Waals surface area contributed by atoms with Gasteiger partial charge in [-0.05, 0) is 19.4 Å². The molecule has 6 heteroatoms. The minimum atomic E-state index is 0.194. The quantitative estimate of drug-likeness (QED) is 0.504. The van der Waals surface area contributed by atoms with Gasteiger partial charge < -0.3 is 4.57 Å². The van der Waals surface area contributed by atoms with E-state index in [1.807, 2.05) is 24.6 Å². The lowest BCUT2D eigenvalue weighted by Gasteiger charge is -2.04. The van der Waals surface area contributed by atoms with Crippen molar-refractivity contribution in [3.05, 3.63) is 65.1 Å². The molecule has 6 nitrogen and oxygen atoms in total. The van der Waals surface area contributed by atoms with Crippen LogP contribution in [0.15, 0.2) is 36.7 Å². The van der Waals surface area contributed by atoms with Crippen LogP contribution in [0, 0.1) is 13.8 Å². The molecule has 0 fully saturated rings. The van der Waals surface area contributed by atoms with E-state index in [2.05, 4.69) is 46.9 Å². The molecule has 0 bridgehead atoms. The first-order chi connectivity index (χ1) is 12.6. The second kappa shape index (κ2) is 5.49. The van der Waals surface area contributed by atoms with Crippen molar-refractivity contribution in [2.75, 3.05) is 0 Å². The molecular weight excluding hydrogens is 324 g/mol. The summed E-state index contributed by atoms with van der Waals surface area (Å²) in [6.45, 7) is 7.03. The maximum Gasteiger partial charge on any atom is 0.177 e. The number of hydrogen-bond donors (Lipinski definition) is 0. The molecule has 4 aromatic rings. The van der Waals surface area contributed by atoms with Crippen LogP contribution in [0.5, 0.6) is 0 Å². The van der Waals surface area contributed by atoms with Crippen LogP contribution < -0.4 is 0 Å². The number of benzene rings is 1. The molecule has 0 radical (unpaired) electrons. The second-order valence-corrected chi connectivity index (χ2v) is 7.14. The lowest BCUT2D eigenvalue weighted by Crippen LogP contribution is -2.02. The third-order valence-corrected chi connectivity index (χ3v) is 5.11. The third-order valence-electron chi connectivity index (χ3n) is 5.11. The number of rotatable bonds is 3. The lowest BCUT2D eigenvalue weighted by molar-refractivity contribution is 0.681. The van der Waals surface area contributed by atoms with Crippen molar-refractivity contribution < 1.29 is 0 Å². The summed E-state index contributed by atoms with van der Waals surface area (Å²) in [5.41, 5.74) is 6.42. The van der Waals surface area contributed by atoms with Crippen molar-refractivity contribution >= 4 is 5.65 Å². The zero-order chi connectivity index (χ0) is 17.8. The summed E-state index contributed by atoms with van der Waals surface area (Å²) in [7, 11) is 0. The minimum Gasteiger partial charge on any atom is -0.326 e. The highest BCUT2D eigenvalue weighted by Gasteiger charge is 2.22. The topological polar surface area (TPSA) is 60.9 Å². The molecule has 0 aliphatic carbocycles. The van der Waals surface area contributed by atoms with Crippen LogP contribution in [0.25, 0.3) is 17.0 Å². The maximum atomic E-state index is 4.87. The molecule has 3 aromatic heterocycles. The fourth-order valence-electron chi connectivity index (χ4n) is 3.69. The van der Waals surface area contributed by atoms with Crippen molar-refractivity contribution in [2.24, 2.45) is 0 Å². The number of aromatic nitrogens is 6. The zero-order valence-corrected chi connectivity index (χ0v) is 15.1. The van der Waals surface area contributed by atoms with Gasteiger partial charge in [0.05, 0.1) is 17.1 Å². The van der Waals surface area contributed by atoms with E-state index < -0.39 is 0 Å². The van der Waals surface area contributed by atoms with Gasteiger partial charge in [-0.1, -0.05) is 31.2 Å². The zero-order valence-electron chi connectivity index (χ0n) is 15.1. The fourth-order valence-corrected chi connectivity index (χ4v) is 3.69. The van der Waals surface area contributed by atoms with Gasteiger partial charge in [-0.2, -0.15) is 5.10 Å². The molecule has 4 heterocycles. The van der Waals surface area contributed by atoms with E-state index in [-0.39, 0.29) is 5.92 Å². The Bertz CT molecular complexity index is 1100. The summed E-state index contributed by atoms with van der Waals surface area (Å²) in [6, 6.07) is 8.48. The minimum absolute atomic E-state index is 0.194. The van der Waals surface area contributed by atoms with Crippen molar-refractivity contribution in [3.8, 4) is 11.4 Å². The first-order valence-corrected chi connectivity index (χ1v) is 8.93. The van der Waals surface area contributed by atoms with Gasteiger partial charge in [-0.3, -0.25) is 4.98 Å². The highest BCUT2D eigenvalue weighted by atomic mass is 15.3. The SMILES string of the molecule is Cc1ncc(C)n2nc(C(C)Cc3cn4c(n3)-c3ccccc3C4)nc12. The van der Waals surface area contributed by atoms with E-state index in [4.69, 9.17) is 15.1 Å². The molecular formula is C20H20N6. The smallest absolute Gasteiger partial charge is 0.177 e. The first kappa shape index (κ1) is 15.3. The van der Waals surface area contributed by atoms with Crippen LogP contribution in [0.1, 0.15) is 41.3 Å². The highest BCUT2D eigenvalue weighted by Crippen LogP contribution is 2.31. The van der Waals surface area contributed by atoms with Gasteiger partial charge in [-0.15, -0.1) is 0 Å². The average molecular weight is 344 g/mol. The molecule has 26 heavy (non-hydrogen) atoms. The molecule has 1 aromatic carbocycles. The third kappa shape index (κ3) is 2.25. The van der Waals surface area contributed by atoms with E-state index in [9.17, 15) is 0 Å². The predicted molar refractivity (Wildman–Crippen MR) is 99.1 cm³/mol. The van der Waals surface area contributed by atoms with Gasteiger partial charge in [0.15, 0.2) is 11.5 Å². The van der Waals surface area contributed by atoms with E-state index in [1.54, 1.807) is 0 Å². The van der Waals surface area contributed by atoms with E-state index in [1.165, 1.54) is 11.1 Å². The molecule has 1 atom stereocenters. The van der Waals surface area contributed by atoms with Crippen molar-refractivity contribution in [1.82, 2.24) is 29.1 Å². The molecule has 5 rings (SSSR count). The molecule has 1 aliphatic rings. The Labute approximate surface area is 151 Å². The summed E-state index contributed by atoms with van der Waals surface area (Å²) in [5.74, 6) is 2.11. The molecule has 130 valence electrons. The predicted octanol–water partition coefficient (Wildman–Crippen LogP) is 3.31. The van der Waals surface area contributed by atoms with Crippen molar-refractivity contribution in [1.29, 1.82) is 0 Å². The van der Waals surface area contributed by atoms with Crippen LogP contribution in [-0.2, 0) is 13.0 Å². The molecule has 0 saturated carbocycles. The largest absolute Gasteiger partial charge is 0.326 e. The van der Waals surface area contributed by atoms with E-state index in [0.717, 1.165) is 47.3 Å². The molecule has 0 saturated heterocycles. The maximum absolute atomic E-state index is 4.87. The summed E-state index contributed by atoms with van der Waals surface area (Å²) in [5, 5.41) is 4.70. The average Bonchev–Trinajstić information content (AvgIpc) is 3.31. The van der Waals surface area contributed by atoms with E-state index >= 15 is 0 Å². The van der Waals surface area contributed by atoms with Gasteiger partial charge >= 0.3 is 0 Å². The summed E-state index contributed by atoms with van der Waals surface area (Å²) < 4.78 is 4.12. The number of aryl methyl sites for hydroxylation is 2. The summed E-state index contributed by atoms with van der Waals surface area (Å²) in [6.07, 6.45) is 4.83. The van der Waals surface area contributed by atoms with E-state index in [0.29, 0.717) is 0 Å². The van der Waals surface area contributed by atoms with Gasteiger partial charge in [0.2, 0.25) is 0 Å². The van der Waals surface area contributed by atoms with Crippen LogP contribution in [0.4, 0.5) is 0 Å². The summed E-state index contributed by atoms with van der Waals surface area (Å²) >= 11 is 0. The van der Waals surface area contributed by atoms with Gasteiger partial charge in [-0.25, -0.2) is 14.5 Å². The van der Waals surface area contributed by atoms with Gasteiger partial charge in [0.1, 0.15) is 5.82 Å². The summed E-state index contributed by atoms with van der Waals surface area (Å²) in [4.78, 5) is 14.0. The fraction of sp³-hybridized carbons (Fsp3) is 0.300.